The second-order valence-corrected chi connectivity index (χ2v) is 4.77. The Morgan fingerprint density at radius 1 is 1.36 bits per heavy atom. The van der Waals surface area contributed by atoms with Crippen molar-refractivity contribution < 1.29 is 66.0 Å². The molecule has 0 radical (unpaired) electrons. The summed E-state index contributed by atoms with van der Waals surface area (Å²) in [7, 11) is 0. The second-order valence-electron chi connectivity index (χ2n) is 4.77. The van der Waals surface area contributed by atoms with Crippen LogP contribution in [0.25, 0.3) is 5.52 Å². The second kappa shape index (κ2) is 7.39. The molecule has 3 rings (SSSR count). The largest absolute Gasteiger partial charge is 1.00 e. The Kier molecular flexibility index (Phi) is 5.77. The van der Waals surface area contributed by atoms with Gasteiger partial charge in [-0.25, -0.2) is 0 Å². The fourth-order valence-corrected chi connectivity index (χ4v) is 2.28. The van der Waals surface area contributed by atoms with Crippen LogP contribution in [0.5, 0.6) is 5.75 Å². The Balaban J connectivity index is 0.00000176. The number of carboxylic acids is 1. The summed E-state index contributed by atoms with van der Waals surface area (Å²) in [6.07, 6.45) is 5.08. The summed E-state index contributed by atoms with van der Waals surface area (Å²) in [5.41, 5.74) is 2.55. The van der Waals surface area contributed by atoms with Crippen molar-refractivity contribution in [2.75, 3.05) is 0 Å². The summed E-state index contributed by atoms with van der Waals surface area (Å²) in [5, 5.41) is 11.2. The van der Waals surface area contributed by atoms with Crippen LogP contribution in [0.3, 0.4) is 0 Å². The number of hydrogen-bond acceptors (Lipinski definition) is 4. The van der Waals surface area contributed by atoms with E-state index in [-0.39, 0.29) is 57.1 Å². The van der Waals surface area contributed by atoms with Gasteiger partial charge in [0.1, 0.15) is 12.4 Å². The quantitative estimate of drug-likeness (QED) is 0.554. The molecule has 0 aromatic carbocycles. The van der Waals surface area contributed by atoms with Crippen LogP contribution in [0.1, 0.15) is 21.6 Å². The van der Waals surface area contributed by atoms with Gasteiger partial charge in [-0.05, 0) is 36.8 Å². The van der Waals surface area contributed by atoms with Crippen LogP contribution < -0.4 is 61.2 Å². The van der Waals surface area contributed by atoms with E-state index in [1.165, 1.54) is 0 Å². The molecule has 3 heterocycles. The van der Waals surface area contributed by atoms with E-state index >= 15 is 0 Å². The number of pyridine rings is 2. The molecule has 0 bridgehead atoms. The molecule has 0 fully saturated rings. The van der Waals surface area contributed by atoms with E-state index in [1.807, 2.05) is 24.3 Å². The van der Waals surface area contributed by atoms with Crippen molar-refractivity contribution in [3.8, 4) is 5.75 Å². The SMILES string of the molecule is Cc1cc2ccc(OCc3cccnc3)cn2c1C(=O)[O-].[K+]. The molecule has 6 heteroatoms. The molecule has 0 amide bonds. The first-order chi connectivity index (χ1) is 10.1. The summed E-state index contributed by atoms with van der Waals surface area (Å²) < 4.78 is 7.24. The van der Waals surface area contributed by atoms with Gasteiger partial charge in [-0.1, -0.05) is 6.07 Å². The predicted molar refractivity (Wildman–Crippen MR) is 75.0 cm³/mol. The Morgan fingerprint density at radius 2 is 2.18 bits per heavy atom. The maximum absolute atomic E-state index is 11.2. The Morgan fingerprint density at radius 3 is 2.86 bits per heavy atom. The number of ether oxygens (including phenoxy) is 1. The van der Waals surface area contributed by atoms with Crippen LogP contribution in [0, 0.1) is 6.92 Å². The molecule has 0 aliphatic rings. The van der Waals surface area contributed by atoms with Crippen LogP contribution in [0.2, 0.25) is 0 Å². The third-order valence-corrected chi connectivity index (χ3v) is 3.25. The van der Waals surface area contributed by atoms with E-state index in [0.717, 1.165) is 11.1 Å². The van der Waals surface area contributed by atoms with Crippen LogP contribution in [-0.4, -0.2) is 15.4 Å². The summed E-state index contributed by atoms with van der Waals surface area (Å²) in [6, 6.07) is 9.18. The molecule has 3 aromatic heterocycles. The maximum Gasteiger partial charge on any atom is 1.00 e. The minimum atomic E-state index is -1.20. The van der Waals surface area contributed by atoms with Crippen molar-refractivity contribution in [1.29, 1.82) is 0 Å². The van der Waals surface area contributed by atoms with E-state index < -0.39 is 5.97 Å². The van der Waals surface area contributed by atoms with Crippen molar-refractivity contribution in [3.05, 3.63) is 65.7 Å². The first-order valence-electron chi connectivity index (χ1n) is 6.50. The molecule has 5 nitrogen and oxygen atoms in total. The number of rotatable bonds is 4. The minimum Gasteiger partial charge on any atom is -0.543 e. The van der Waals surface area contributed by atoms with Gasteiger partial charge in [0.15, 0.2) is 0 Å². The van der Waals surface area contributed by atoms with E-state index in [2.05, 4.69) is 4.98 Å². The van der Waals surface area contributed by atoms with Crippen LogP contribution >= 0.6 is 0 Å². The normalized spacial score (nSPS) is 10.2. The zero-order chi connectivity index (χ0) is 14.8. The number of aromatic nitrogens is 2. The smallest absolute Gasteiger partial charge is 0.543 e. The average molecular weight is 320 g/mol. The van der Waals surface area contributed by atoms with E-state index in [0.29, 0.717) is 17.9 Å². The van der Waals surface area contributed by atoms with Crippen molar-refractivity contribution in [1.82, 2.24) is 9.38 Å². The number of carboxylic acid groups (broad SMARTS) is 1. The zero-order valence-corrected chi connectivity index (χ0v) is 15.6. The van der Waals surface area contributed by atoms with Crippen LogP contribution in [0.4, 0.5) is 0 Å². The van der Waals surface area contributed by atoms with Gasteiger partial charge in [0.25, 0.3) is 0 Å². The van der Waals surface area contributed by atoms with Crippen LogP contribution in [-0.2, 0) is 6.61 Å². The molecule has 106 valence electrons. The van der Waals surface area contributed by atoms with Gasteiger partial charge in [0.2, 0.25) is 0 Å². The fraction of sp³-hybridized carbons (Fsp3) is 0.125. The number of nitrogens with zero attached hydrogens (tertiary/aromatic N) is 2. The summed E-state index contributed by atoms with van der Waals surface area (Å²) >= 11 is 0. The molecule has 0 N–H and O–H groups in total. The van der Waals surface area contributed by atoms with Gasteiger partial charge in [-0.15, -0.1) is 0 Å². The number of hydrogen-bond donors (Lipinski definition) is 0. The molecule has 0 unspecified atom stereocenters. The number of fused-ring (bicyclic) bond motifs is 1. The predicted octanol–water partition coefficient (Wildman–Crippen LogP) is -1.41. The first kappa shape index (κ1) is 17.2. The Bertz CT molecular complexity index is 800. The molecule has 3 aromatic rings. The van der Waals surface area contributed by atoms with Crippen LogP contribution in [0.15, 0.2) is 48.9 Å². The van der Waals surface area contributed by atoms with Gasteiger partial charge >= 0.3 is 51.4 Å². The molecule has 0 saturated carbocycles. The molecule has 0 aliphatic carbocycles. The van der Waals surface area contributed by atoms with Gasteiger partial charge in [0, 0.05) is 23.5 Å². The molecular formula is C16H13KN2O3. The van der Waals surface area contributed by atoms with E-state index in [4.69, 9.17) is 4.74 Å². The third kappa shape index (κ3) is 3.59. The summed E-state index contributed by atoms with van der Waals surface area (Å²) in [6.45, 7) is 2.12. The summed E-state index contributed by atoms with van der Waals surface area (Å²) in [5.74, 6) is -0.610. The maximum atomic E-state index is 11.2. The molecule has 0 atom stereocenters. The van der Waals surface area contributed by atoms with Crippen molar-refractivity contribution in [2.24, 2.45) is 0 Å². The molecule has 0 spiro atoms. The monoisotopic (exact) mass is 320 g/mol. The third-order valence-electron chi connectivity index (χ3n) is 3.25. The topological polar surface area (TPSA) is 66.7 Å². The average Bonchev–Trinajstić information content (AvgIpc) is 2.81. The van der Waals surface area contributed by atoms with E-state index in [1.54, 1.807) is 36.0 Å². The molecule has 0 aliphatic heterocycles. The van der Waals surface area contributed by atoms with Gasteiger partial charge in [-0.2, -0.15) is 0 Å². The standard InChI is InChI=1S/C16H14N2O3.K/c1-11-7-13-4-5-14(9-18(13)15(11)16(19)20)21-10-12-3-2-6-17-8-12;/h2-9H,10H2,1H3,(H,19,20);/q;+1/p-1. The van der Waals surface area contributed by atoms with Gasteiger partial charge in [-0.3, -0.25) is 4.98 Å². The number of aromatic carboxylic acids is 1. The van der Waals surface area contributed by atoms with Gasteiger partial charge < -0.3 is 19.0 Å². The minimum absolute atomic E-state index is 0. The number of carbonyl (C=O) groups excluding carboxylic acids is 1. The summed E-state index contributed by atoms with van der Waals surface area (Å²) in [4.78, 5) is 15.2. The van der Waals surface area contributed by atoms with Crippen molar-refractivity contribution >= 4 is 11.5 Å². The number of aryl methyl sites for hydroxylation is 1. The fourth-order valence-electron chi connectivity index (χ4n) is 2.28. The van der Waals surface area contributed by atoms with Gasteiger partial charge in [0.05, 0.1) is 17.9 Å². The Hall–Kier alpha value is -1.18. The molecular weight excluding hydrogens is 307 g/mol. The van der Waals surface area contributed by atoms with E-state index in [9.17, 15) is 9.90 Å². The van der Waals surface area contributed by atoms with Crippen molar-refractivity contribution in [2.45, 2.75) is 13.5 Å². The van der Waals surface area contributed by atoms with Crippen molar-refractivity contribution in [3.63, 3.8) is 0 Å². The number of carbonyl (C=O) groups is 1. The molecule has 0 saturated heterocycles. The first-order valence-corrected chi connectivity index (χ1v) is 6.50. The molecule has 22 heavy (non-hydrogen) atoms. The zero-order valence-electron chi connectivity index (χ0n) is 12.4. The Labute approximate surface area is 170 Å².